The monoisotopic (exact) mass is 274 g/mol. The number of nitrogens with one attached hydrogen (secondary N) is 1. The molecule has 2 heterocycles. The standard InChI is InChI=1S/C14H26N2O.ClH/c1-2-12-7-10-16(11-8-12)14(17)6-5-13-4-3-9-15-13;/h12-13,15H,2-11H2,1H3;1H. The van der Waals surface area contributed by atoms with Crippen LogP contribution >= 0.6 is 12.4 Å². The highest BCUT2D eigenvalue weighted by Gasteiger charge is 2.22. The topological polar surface area (TPSA) is 32.3 Å². The van der Waals surface area contributed by atoms with Gasteiger partial charge >= 0.3 is 0 Å². The molecule has 0 radical (unpaired) electrons. The molecule has 2 rings (SSSR count). The number of amides is 1. The summed E-state index contributed by atoms with van der Waals surface area (Å²) in [6.07, 6.45) is 8.01. The van der Waals surface area contributed by atoms with Gasteiger partial charge in [0.1, 0.15) is 0 Å². The van der Waals surface area contributed by atoms with Crippen molar-refractivity contribution in [1.29, 1.82) is 0 Å². The van der Waals surface area contributed by atoms with Crippen molar-refractivity contribution in [3.05, 3.63) is 0 Å². The molecule has 0 spiro atoms. The summed E-state index contributed by atoms with van der Waals surface area (Å²) in [5, 5.41) is 3.46. The molecule has 0 aromatic carbocycles. The van der Waals surface area contributed by atoms with E-state index in [0.717, 1.165) is 38.4 Å². The average molecular weight is 275 g/mol. The molecule has 0 aromatic rings. The van der Waals surface area contributed by atoms with Crippen molar-refractivity contribution in [3.8, 4) is 0 Å². The molecular weight excluding hydrogens is 248 g/mol. The number of carbonyl (C=O) groups is 1. The van der Waals surface area contributed by atoms with E-state index in [2.05, 4.69) is 17.1 Å². The first-order chi connectivity index (χ1) is 8.29. The zero-order valence-electron chi connectivity index (χ0n) is 11.5. The number of rotatable bonds is 4. The van der Waals surface area contributed by atoms with Gasteiger partial charge in [-0.05, 0) is 44.6 Å². The van der Waals surface area contributed by atoms with Crippen LogP contribution in [0.3, 0.4) is 0 Å². The van der Waals surface area contributed by atoms with Gasteiger partial charge in [-0.25, -0.2) is 0 Å². The van der Waals surface area contributed by atoms with Crippen molar-refractivity contribution >= 4 is 18.3 Å². The van der Waals surface area contributed by atoms with E-state index in [4.69, 9.17) is 0 Å². The summed E-state index contributed by atoms with van der Waals surface area (Å²) < 4.78 is 0. The average Bonchev–Trinajstić information content (AvgIpc) is 2.89. The lowest BCUT2D eigenvalue weighted by Gasteiger charge is -2.31. The van der Waals surface area contributed by atoms with Crippen LogP contribution in [0.25, 0.3) is 0 Å². The van der Waals surface area contributed by atoms with Crippen LogP contribution in [0.4, 0.5) is 0 Å². The number of hydrogen-bond acceptors (Lipinski definition) is 2. The van der Waals surface area contributed by atoms with Crippen LogP contribution in [0, 0.1) is 5.92 Å². The number of nitrogens with zero attached hydrogens (tertiary/aromatic N) is 1. The molecular formula is C14H27ClN2O. The number of halogens is 1. The number of carbonyl (C=O) groups excluding carboxylic acids is 1. The smallest absolute Gasteiger partial charge is 0.222 e. The summed E-state index contributed by atoms with van der Waals surface area (Å²) in [5.41, 5.74) is 0. The van der Waals surface area contributed by atoms with Crippen molar-refractivity contribution in [1.82, 2.24) is 10.2 Å². The van der Waals surface area contributed by atoms with E-state index in [0.29, 0.717) is 11.9 Å². The van der Waals surface area contributed by atoms with Gasteiger partial charge in [0.2, 0.25) is 5.91 Å². The van der Waals surface area contributed by atoms with Crippen LogP contribution < -0.4 is 5.32 Å². The van der Waals surface area contributed by atoms with E-state index in [1.807, 2.05) is 0 Å². The summed E-state index contributed by atoms with van der Waals surface area (Å²) in [7, 11) is 0. The molecule has 1 unspecified atom stereocenters. The second kappa shape index (κ2) is 8.00. The summed E-state index contributed by atoms with van der Waals surface area (Å²) >= 11 is 0. The van der Waals surface area contributed by atoms with Gasteiger partial charge in [-0.1, -0.05) is 13.3 Å². The predicted molar refractivity (Wildman–Crippen MR) is 77.1 cm³/mol. The molecule has 2 aliphatic heterocycles. The fourth-order valence-electron chi connectivity index (χ4n) is 3.05. The second-order valence-electron chi connectivity index (χ2n) is 5.56. The van der Waals surface area contributed by atoms with Gasteiger partial charge in [-0.15, -0.1) is 12.4 Å². The summed E-state index contributed by atoms with van der Waals surface area (Å²) in [6, 6.07) is 0.604. The summed E-state index contributed by atoms with van der Waals surface area (Å²) in [5.74, 6) is 1.24. The van der Waals surface area contributed by atoms with Crippen molar-refractivity contribution < 1.29 is 4.79 Å². The van der Waals surface area contributed by atoms with Crippen LogP contribution in [-0.2, 0) is 4.79 Å². The highest BCUT2D eigenvalue weighted by atomic mass is 35.5. The third kappa shape index (κ3) is 4.43. The second-order valence-corrected chi connectivity index (χ2v) is 5.56. The van der Waals surface area contributed by atoms with E-state index in [1.54, 1.807) is 0 Å². The molecule has 1 amide bonds. The SMILES string of the molecule is CCC1CCN(C(=O)CCC2CCCN2)CC1.Cl. The first-order valence-electron chi connectivity index (χ1n) is 7.30. The molecule has 4 heteroatoms. The fraction of sp³-hybridized carbons (Fsp3) is 0.929. The van der Waals surface area contributed by atoms with Gasteiger partial charge < -0.3 is 10.2 Å². The minimum Gasteiger partial charge on any atom is -0.343 e. The predicted octanol–water partition coefficient (Wildman–Crippen LogP) is 2.59. The quantitative estimate of drug-likeness (QED) is 0.855. The number of likely N-dealkylation sites (tertiary alicyclic amines) is 1. The van der Waals surface area contributed by atoms with Gasteiger partial charge in [0.15, 0.2) is 0 Å². The molecule has 1 atom stereocenters. The van der Waals surface area contributed by atoms with Gasteiger partial charge in [0.05, 0.1) is 0 Å². The normalized spacial score (nSPS) is 24.9. The Bertz CT molecular complexity index is 246. The maximum atomic E-state index is 12.0. The molecule has 106 valence electrons. The molecule has 2 saturated heterocycles. The van der Waals surface area contributed by atoms with Gasteiger partial charge in [-0.3, -0.25) is 4.79 Å². The third-order valence-corrected chi connectivity index (χ3v) is 4.41. The number of piperidine rings is 1. The maximum Gasteiger partial charge on any atom is 0.222 e. The Morgan fingerprint density at radius 1 is 1.28 bits per heavy atom. The lowest BCUT2D eigenvalue weighted by atomic mass is 9.94. The highest BCUT2D eigenvalue weighted by Crippen LogP contribution is 2.21. The van der Waals surface area contributed by atoms with Gasteiger partial charge in [0.25, 0.3) is 0 Å². The Kier molecular flexibility index (Phi) is 7.02. The molecule has 18 heavy (non-hydrogen) atoms. The van der Waals surface area contributed by atoms with Crippen LogP contribution in [0.15, 0.2) is 0 Å². The molecule has 1 N–H and O–H groups in total. The molecule has 0 aromatic heterocycles. The molecule has 2 aliphatic rings. The van der Waals surface area contributed by atoms with Crippen molar-refractivity contribution in [2.24, 2.45) is 5.92 Å². The first kappa shape index (κ1) is 15.8. The summed E-state index contributed by atoms with van der Waals surface area (Å²) in [4.78, 5) is 14.1. The lowest BCUT2D eigenvalue weighted by molar-refractivity contribution is -0.132. The molecule has 0 bridgehead atoms. The third-order valence-electron chi connectivity index (χ3n) is 4.41. The van der Waals surface area contributed by atoms with Crippen molar-refractivity contribution in [3.63, 3.8) is 0 Å². The Balaban J connectivity index is 0.00000162. The van der Waals surface area contributed by atoms with Crippen molar-refractivity contribution in [2.75, 3.05) is 19.6 Å². The zero-order valence-corrected chi connectivity index (χ0v) is 12.3. The van der Waals surface area contributed by atoms with Crippen LogP contribution in [0.2, 0.25) is 0 Å². The fourth-order valence-corrected chi connectivity index (χ4v) is 3.05. The van der Waals surface area contributed by atoms with Gasteiger partial charge in [-0.2, -0.15) is 0 Å². The summed E-state index contributed by atoms with van der Waals surface area (Å²) in [6.45, 7) is 5.39. The molecule has 0 aliphatic carbocycles. The Morgan fingerprint density at radius 2 is 2.00 bits per heavy atom. The minimum atomic E-state index is 0. The maximum absolute atomic E-state index is 12.0. The molecule has 2 fully saturated rings. The molecule has 0 saturated carbocycles. The van der Waals surface area contributed by atoms with E-state index in [9.17, 15) is 4.79 Å². The zero-order chi connectivity index (χ0) is 12.1. The van der Waals surface area contributed by atoms with E-state index in [1.165, 1.54) is 32.1 Å². The Hall–Kier alpha value is -0.280. The van der Waals surface area contributed by atoms with E-state index >= 15 is 0 Å². The largest absolute Gasteiger partial charge is 0.343 e. The Labute approximate surface area is 117 Å². The van der Waals surface area contributed by atoms with Crippen LogP contribution in [-0.4, -0.2) is 36.5 Å². The highest BCUT2D eigenvalue weighted by molar-refractivity contribution is 5.85. The van der Waals surface area contributed by atoms with Crippen LogP contribution in [0.5, 0.6) is 0 Å². The number of hydrogen-bond donors (Lipinski definition) is 1. The van der Waals surface area contributed by atoms with E-state index in [-0.39, 0.29) is 12.4 Å². The van der Waals surface area contributed by atoms with Crippen molar-refractivity contribution in [2.45, 2.75) is 57.9 Å². The molecule has 3 nitrogen and oxygen atoms in total. The Morgan fingerprint density at radius 3 is 2.56 bits per heavy atom. The van der Waals surface area contributed by atoms with Crippen LogP contribution in [0.1, 0.15) is 51.9 Å². The van der Waals surface area contributed by atoms with Gasteiger partial charge in [0, 0.05) is 25.6 Å². The minimum absolute atomic E-state index is 0. The van der Waals surface area contributed by atoms with E-state index < -0.39 is 0 Å². The first-order valence-corrected chi connectivity index (χ1v) is 7.30. The lowest BCUT2D eigenvalue weighted by Crippen LogP contribution is -2.38.